The number of hydrogen-bond donors (Lipinski definition) is 1. The fraction of sp³-hybridized carbons (Fsp3) is 0.118. The molecule has 0 heterocycles. The number of amides is 1. The molecule has 0 radical (unpaired) electrons. The second-order valence-electron chi connectivity index (χ2n) is 4.89. The molecule has 2 aromatic carbocycles. The summed E-state index contributed by atoms with van der Waals surface area (Å²) < 4.78 is 44.6. The zero-order chi connectivity index (χ0) is 19.2. The Labute approximate surface area is 145 Å². The molecule has 0 bridgehead atoms. The van der Waals surface area contributed by atoms with Gasteiger partial charge in [0.15, 0.2) is 6.61 Å². The van der Waals surface area contributed by atoms with Crippen LogP contribution in [0.5, 0.6) is 5.75 Å². The SMILES string of the molecule is N#Cc1ccc(NC(=O)COC(=O)c2ccc(OC(F)(F)F)cc2)cc1. The van der Waals surface area contributed by atoms with Crippen LogP contribution in [0.3, 0.4) is 0 Å². The number of nitrogens with zero attached hydrogens (tertiary/aromatic N) is 1. The number of nitrogens with one attached hydrogen (secondary N) is 1. The third-order valence-electron chi connectivity index (χ3n) is 2.96. The van der Waals surface area contributed by atoms with Crippen molar-refractivity contribution in [3.05, 3.63) is 59.7 Å². The van der Waals surface area contributed by atoms with Gasteiger partial charge in [-0.2, -0.15) is 5.26 Å². The predicted molar refractivity (Wildman–Crippen MR) is 83.2 cm³/mol. The van der Waals surface area contributed by atoms with Crippen LogP contribution in [-0.4, -0.2) is 24.8 Å². The van der Waals surface area contributed by atoms with Crippen LogP contribution < -0.4 is 10.1 Å². The molecule has 134 valence electrons. The third kappa shape index (κ3) is 5.83. The summed E-state index contributed by atoms with van der Waals surface area (Å²) in [5.41, 5.74) is 0.803. The van der Waals surface area contributed by atoms with E-state index in [0.29, 0.717) is 11.3 Å². The van der Waals surface area contributed by atoms with E-state index in [9.17, 15) is 22.8 Å². The number of alkyl halides is 3. The Kier molecular flexibility index (Phi) is 5.80. The lowest BCUT2D eigenvalue weighted by Crippen LogP contribution is -2.21. The predicted octanol–water partition coefficient (Wildman–Crippen LogP) is 3.25. The van der Waals surface area contributed by atoms with Gasteiger partial charge in [-0.25, -0.2) is 4.79 Å². The van der Waals surface area contributed by atoms with Gasteiger partial charge < -0.3 is 14.8 Å². The molecule has 0 atom stereocenters. The molecule has 0 unspecified atom stereocenters. The lowest BCUT2D eigenvalue weighted by molar-refractivity contribution is -0.274. The largest absolute Gasteiger partial charge is 0.573 e. The summed E-state index contributed by atoms with van der Waals surface area (Å²) in [6.45, 7) is -0.584. The van der Waals surface area contributed by atoms with Crippen molar-refractivity contribution in [2.24, 2.45) is 0 Å². The van der Waals surface area contributed by atoms with Gasteiger partial charge in [0.05, 0.1) is 17.2 Å². The highest BCUT2D eigenvalue weighted by molar-refractivity contribution is 5.95. The maximum Gasteiger partial charge on any atom is 0.573 e. The van der Waals surface area contributed by atoms with Gasteiger partial charge in [0.25, 0.3) is 5.91 Å². The molecule has 0 saturated heterocycles. The van der Waals surface area contributed by atoms with Gasteiger partial charge in [0, 0.05) is 5.69 Å². The molecule has 0 aromatic heterocycles. The Hall–Kier alpha value is -3.54. The summed E-state index contributed by atoms with van der Waals surface area (Å²) in [5, 5.41) is 11.1. The number of benzene rings is 2. The Balaban J connectivity index is 1.85. The quantitative estimate of drug-likeness (QED) is 0.823. The maximum absolute atomic E-state index is 12.1. The zero-order valence-electron chi connectivity index (χ0n) is 13.0. The van der Waals surface area contributed by atoms with Gasteiger partial charge in [-0.15, -0.1) is 13.2 Å². The molecule has 2 rings (SSSR count). The van der Waals surface area contributed by atoms with E-state index in [-0.39, 0.29) is 5.56 Å². The van der Waals surface area contributed by atoms with Gasteiger partial charge in [-0.1, -0.05) is 0 Å². The van der Waals surface area contributed by atoms with E-state index in [1.165, 1.54) is 24.3 Å². The Bertz CT molecular complexity index is 825. The third-order valence-corrected chi connectivity index (χ3v) is 2.96. The van der Waals surface area contributed by atoms with Crippen LogP contribution in [-0.2, 0) is 9.53 Å². The lowest BCUT2D eigenvalue weighted by atomic mass is 10.2. The zero-order valence-corrected chi connectivity index (χ0v) is 13.0. The molecule has 1 N–H and O–H groups in total. The summed E-state index contributed by atoms with van der Waals surface area (Å²) in [4.78, 5) is 23.5. The van der Waals surface area contributed by atoms with E-state index in [2.05, 4.69) is 10.1 Å². The average Bonchev–Trinajstić information content (AvgIpc) is 2.59. The first kappa shape index (κ1) is 18.8. The van der Waals surface area contributed by atoms with Gasteiger partial charge in [0.2, 0.25) is 0 Å². The molecule has 26 heavy (non-hydrogen) atoms. The second kappa shape index (κ2) is 8.02. The summed E-state index contributed by atoms with van der Waals surface area (Å²) >= 11 is 0. The fourth-order valence-corrected chi connectivity index (χ4v) is 1.83. The molecule has 2 aromatic rings. The van der Waals surface area contributed by atoms with Crippen molar-refractivity contribution in [3.63, 3.8) is 0 Å². The van der Waals surface area contributed by atoms with E-state index < -0.39 is 30.6 Å². The van der Waals surface area contributed by atoms with E-state index >= 15 is 0 Å². The fourth-order valence-electron chi connectivity index (χ4n) is 1.83. The van der Waals surface area contributed by atoms with Crippen LogP contribution in [0.15, 0.2) is 48.5 Å². The molecule has 0 aliphatic carbocycles. The van der Waals surface area contributed by atoms with Gasteiger partial charge in [-0.3, -0.25) is 4.79 Å². The summed E-state index contributed by atoms with van der Waals surface area (Å²) in [6.07, 6.45) is -4.83. The normalized spacial score (nSPS) is 10.5. The van der Waals surface area contributed by atoms with Crippen molar-refractivity contribution < 1.29 is 32.2 Å². The molecule has 0 saturated carbocycles. The van der Waals surface area contributed by atoms with E-state index in [1.54, 1.807) is 0 Å². The molecule has 9 heteroatoms. The number of ether oxygens (including phenoxy) is 2. The number of esters is 1. The van der Waals surface area contributed by atoms with Crippen LogP contribution >= 0.6 is 0 Å². The average molecular weight is 364 g/mol. The monoisotopic (exact) mass is 364 g/mol. The minimum Gasteiger partial charge on any atom is -0.452 e. The first-order valence-electron chi connectivity index (χ1n) is 7.10. The lowest BCUT2D eigenvalue weighted by Gasteiger charge is -2.09. The van der Waals surface area contributed by atoms with Gasteiger partial charge >= 0.3 is 12.3 Å². The maximum atomic E-state index is 12.1. The van der Waals surface area contributed by atoms with Crippen molar-refractivity contribution in [3.8, 4) is 11.8 Å². The van der Waals surface area contributed by atoms with Crippen LogP contribution in [0.4, 0.5) is 18.9 Å². The van der Waals surface area contributed by atoms with E-state index in [4.69, 9.17) is 10.00 Å². The number of nitriles is 1. The summed E-state index contributed by atoms with van der Waals surface area (Å²) in [5.74, 6) is -1.97. The smallest absolute Gasteiger partial charge is 0.452 e. The van der Waals surface area contributed by atoms with Crippen LogP contribution in [0.1, 0.15) is 15.9 Å². The van der Waals surface area contributed by atoms with Crippen LogP contribution in [0, 0.1) is 11.3 Å². The topological polar surface area (TPSA) is 88.4 Å². The first-order chi connectivity index (χ1) is 12.3. The standard InChI is InChI=1S/C17H11F3N2O4/c18-17(19,20)26-14-7-3-12(4-8-14)16(24)25-10-15(23)22-13-5-1-11(9-21)2-6-13/h1-8H,10H2,(H,22,23). The number of halogens is 3. The number of hydrogen-bond acceptors (Lipinski definition) is 5. The molecule has 1 amide bonds. The molecular weight excluding hydrogens is 353 g/mol. The van der Waals surface area contributed by atoms with Crippen LogP contribution in [0.2, 0.25) is 0 Å². The molecule has 0 fully saturated rings. The number of anilines is 1. The molecule has 0 aliphatic heterocycles. The molecule has 0 spiro atoms. The van der Waals surface area contributed by atoms with E-state index in [0.717, 1.165) is 24.3 Å². The van der Waals surface area contributed by atoms with Gasteiger partial charge in [-0.05, 0) is 48.5 Å². The van der Waals surface area contributed by atoms with Crippen molar-refractivity contribution in [1.82, 2.24) is 0 Å². The van der Waals surface area contributed by atoms with Gasteiger partial charge in [0.1, 0.15) is 5.75 Å². The van der Waals surface area contributed by atoms with Crippen molar-refractivity contribution >= 4 is 17.6 Å². The molecule has 6 nitrogen and oxygen atoms in total. The highest BCUT2D eigenvalue weighted by Crippen LogP contribution is 2.22. The number of carbonyl (C=O) groups excluding carboxylic acids is 2. The number of rotatable bonds is 5. The van der Waals surface area contributed by atoms with Crippen molar-refractivity contribution in [2.75, 3.05) is 11.9 Å². The van der Waals surface area contributed by atoms with E-state index in [1.807, 2.05) is 6.07 Å². The Morgan fingerprint density at radius 2 is 1.65 bits per heavy atom. The van der Waals surface area contributed by atoms with Crippen LogP contribution in [0.25, 0.3) is 0 Å². The van der Waals surface area contributed by atoms with Crippen molar-refractivity contribution in [2.45, 2.75) is 6.36 Å². The first-order valence-corrected chi connectivity index (χ1v) is 7.10. The molecule has 0 aliphatic rings. The summed E-state index contributed by atoms with van der Waals surface area (Å²) in [6, 6.07) is 12.1. The highest BCUT2D eigenvalue weighted by Gasteiger charge is 2.31. The van der Waals surface area contributed by atoms with Crippen molar-refractivity contribution in [1.29, 1.82) is 5.26 Å². The minimum absolute atomic E-state index is 0.0364. The second-order valence-corrected chi connectivity index (χ2v) is 4.89. The summed E-state index contributed by atoms with van der Waals surface area (Å²) in [7, 11) is 0. The Morgan fingerprint density at radius 3 is 2.19 bits per heavy atom. The molecular formula is C17H11F3N2O4. The minimum atomic E-state index is -4.83. The number of carbonyl (C=O) groups is 2. The Morgan fingerprint density at radius 1 is 1.04 bits per heavy atom. The highest BCUT2D eigenvalue weighted by atomic mass is 19.4.